The lowest BCUT2D eigenvalue weighted by Crippen LogP contribution is -1.84. The third-order valence-electron chi connectivity index (χ3n) is 2.54. The molecule has 0 unspecified atom stereocenters. The molecule has 2 heteroatoms. The van der Waals surface area contributed by atoms with E-state index in [1.54, 1.807) is 12.4 Å². The highest BCUT2D eigenvalue weighted by Gasteiger charge is 2.23. The Balaban J connectivity index is 2.21. The van der Waals surface area contributed by atoms with Crippen LogP contribution >= 0.6 is 0 Å². The van der Waals surface area contributed by atoms with E-state index in [1.807, 2.05) is 0 Å². The van der Waals surface area contributed by atoms with Crippen LogP contribution < -0.4 is 0 Å². The molecule has 1 heterocycles. The number of fused-ring (bicyclic) bond motifs is 1. The molecule has 0 atom stereocenters. The molecule has 0 spiro atoms. The lowest BCUT2D eigenvalue weighted by Gasteiger charge is -1.99. The highest BCUT2D eigenvalue weighted by atomic mass is 14.8. The SMILES string of the molecule is c1cnc2cc(C3CC3)ccc2n1. The van der Waals surface area contributed by atoms with E-state index in [-0.39, 0.29) is 0 Å². The fraction of sp³-hybridized carbons (Fsp3) is 0.273. The number of aromatic nitrogens is 2. The molecule has 64 valence electrons. The number of nitrogens with zero attached hydrogens (tertiary/aromatic N) is 2. The second-order valence-electron chi connectivity index (χ2n) is 3.58. The van der Waals surface area contributed by atoms with Crippen molar-refractivity contribution in [3.05, 3.63) is 36.2 Å². The molecule has 1 saturated carbocycles. The Kier molecular flexibility index (Phi) is 1.36. The first-order chi connectivity index (χ1) is 6.43. The van der Waals surface area contributed by atoms with Gasteiger partial charge < -0.3 is 0 Å². The minimum Gasteiger partial charge on any atom is -0.253 e. The maximum Gasteiger partial charge on any atom is 0.0889 e. The van der Waals surface area contributed by atoms with Crippen molar-refractivity contribution >= 4 is 11.0 Å². The van der Waals surface area contributed by atoms with Crippen molar-refractivity contribution in [1.82, 2.24) is 9.97 Å². The van der Waals surface area contributed by atoms with Gasteiger partial charge in [-0.25, -0.2) is 0 Å². The van der Waals surface area contributed by atoms with Crippen LogP contribution in [0.1, 0.15) is 24.3 Å². The van der Waals surface area contributed by atoms with Crippen LogP contribution in [0.25, 0.3) is 11.0 Å². The molecular weight excluding hydrogens is 160 g/mol. The monoisotopic (exact) mass is 170 g/mol. The summed E-state index contributed by atoms with van der Waals surface area (Å²) in [7, 11) is 0. The summed E-state index contributed by atoms with van der Waals surface area (Å²) in [5.41, 5.74) is 3.44. The molecule has 2 nitrogen and oxygen atoms in total. The molecule has 0 amide bonds. The van der Waals surface area contributed by atoms with Gasteiger partial charge in [0.15, 0.2) is 0 Å². The molecule has 1 aliphatic rings. The number of rotatable bonds is 1. The third-order valence-corrected chi connectivity index (χ3v) is 2.54. The van der Waals surface area contributed by atoms with E-state index < -0.39 is 0 Å². The Morgan fingerprint density at radius 1 is 1.00 bits per heavy atom. The van der Waals surface area contributed by atoms with E-state index in [4.69, 9.17) is 0 Å². The molecule has 3 rings (SSSR count). The van der Waals surface area contributed by atoms with E-state index in [0.717, 1.165) is 17.0 Å². The zero-order valence-electron chi connectivity index (χ0n) is 7.27. The maximum atomic E-state index is 4.29. The van der Waals surface area contributed by atoms with Crippen LogP contribution in [-0.2, 0) is 0 Å². The number of hydrogen-bond donors (Lipinski definition) is 0. The normalized spacial score (nSPS) is 16.3. The van der Waals surface area contributed by atoms with Gasteiger partial charge in [0.05, 0.1) is 11.0 Å². The molecule has 0 aliphatic heterocycles. The fourth-order valence-electron chi connectivity index (χ4n) is 1.65. The Morgan fingerprint density at radius 2 is 1.77 bits per heavy atom. The van der Waals surface area contributed by atoms with E-state index in [1.165, 1.54) is 18.4 Å². The van der Waals surface area contributed by atoms with E-state index in [9.17, 15) is 0 Å². The van der Waals surface area contributed by atoms with Crippen molar-refractivity contribution in [3.63, 3.8) is 0 Å². The molecule has 0 N–H and O–H groups in total. The number of hydrogen-bond acceptors (Lipinski definition) is 2. The molecule has 1 aromatic heterocycles. The average molecular weight is 170 g/mol. The van der Waals surface area contributed by atoms with E-state index in [2.05, 4.69) is 28.2 Å². The van der Waals surface area contributed by atoms with Crippen LogP contribution in [0.2, 0.25) is 0 Å². The summed E-state index contributed by atoms with van der Waals surface area (Å²) in [6, 6.07) is 6.41. The van der Waals surface area contributed by atoms with Gasteiger partial charge in [-0.2, -0.15) is 0 Å². The van der Waals surface area contributed by atoms with Gasteiger partial charge in [0, 0.05) is 12.4 Å². The predicted octanol–water partition coefficient (Wildman–Crippen LogP) is 2.51. The maximum absolute atomic E-state index is 4.29. The van der Waals surface area contributed by atoms with Gasteiger partial charge in [0.1, 0.15) is 0 Å². The van der Waals surface area contributed by atoms with Crippen LogP contribution in [0, 0.1) is 0 Å². The van der Waals surface area contributed by atoms with Crippen molar-refractivity contribution in [3.8, 4) is 0 Å². The van der Waals surface area contributed by atoms with Crippen LogP contribution in [0.3, 0.4) is 0 Å². The lowest BCUT2D eigenvalue weighted by molar-refractivity contribution is 1.13. The molecule has 0 radical (unpaired) electrons. The van der Waals surface area contributed by atoms with Crippen LogP contribution in [0.4, 0.5) is 0 Å². The first-order valence-electron chi connectivity index (χ1n) is 4.64. The minimum absolute atomic E-state index is 0.798. The second kappa shape index (κ2) is 2.52. The van der Waals surface area contributed by atoms with Crippen molar-refractivity contribution in [2.45, 2.75) is 18.8 Å². The van der Waals surface area contributed by atoms with Crippen molar-refractivity contribution < 1.29 is 0 Å². The molecule has 1 aliphatic carbocycles. The summed E-state index contributed by atoms with van der Waals surface area (Å²) in [6.07, 6.45) is 6.16. The molecule has 1 aromatic carbocycles. The Bertz CT molecular complexity index is 447. The van der Waals surface area contributed by atoms with Gasteiger partial charge in [0.25, 0.3) is 0 Å². The molecule has 0 bridgehead atoms. The third kappa shape index (κ3) is 1.18. The molecular formula is C11H10N2. The highest BCUT2D eigenvalue weighted by Crippen LogP contribution is 2.40. The van der Waals surface area contributed by atoms with Gasteiger partial charge in [-0.05, 0) is 36.5 Å². The summed E-state index contributed by atoms with van der Waals surface area (Å²) in [5, 5.41) is 0. The summed E-state index contributed by atoms with van der Waals surface area (Å²) >= 11 is 0. The Hall–Kier alpha value is -1.44. The first kappa shape index (κ1) is 7.01. The van der Waals surface area contributed by atoms with Crippen molar-refractivity contribution in [2.75, 3.05) is 0 Å². The quantitative estimate of drug-likeness (QED) is 0.657. The molecule has 2 aromatic rings. The van der Waals surface area contributed by atoms with Crippen LogP contribution in [0.5, 0.6) is 0 Å². The summed E-state index contributed by atoms with van der Waals surface area (Å²) in [5.74, 6) is 0.798. The van der Waals surface area contributed by atoms with Gasteiger partial charge >= 0.3 is 0 Å². The van der Waals surface area contributed by atoms with E-state index in [0.29, 0.717) is 0 Å². The summed E-state index contributed by atoms with van der Waals surface area (Å²) in [6.45, 7) is 0. The fourth-order valence-corrected chi connectivity index (χ4v) is 1.65. The summed E-state index contributed by atoms with van der Waals surface area (Å²) < 4.78 is 0. The van der Waals surface area contributed by atoms with Gasteiger partial charge in [-0.1, -0.05) is 6.07 Å². The Morgan fingerprint density at radius 3 is 2.54 bits per heavy atom. The smallest absolute Gasteiger partial charge is 0.0889 e. The first-order valence-corrected chi connectivity index (χ1v) is 4.64. The average Bonchev–Trinajstić information content (AvgIpc) is 3.00. The highest BCUT2D eigenvalue weighted by molar-refractivity contribution is 5.74. The Labute approximate surface area is 76.6 Å². The lowest BCUT2D eigenvalue weighted by atomic mass is 10.1. The standard InChI is InChI=1S/C11H10N2/c1-2-8(1)9-3-4-10-11(7-9)13-6-5-12-10/h3-8H,1-2H2. The van der Waals surface area contributed by atoms with Gasteiger partial charge in [-0.3, -0.25) is 9.97 Å². The molecule has 1 fully saturated rings. The van der Waals surface area contributed by atoms with Gasteiger partial charge in [0.2, 0.25) is 0 Å². The zero-order valence-corrected chi connectivity index (χ0v) is 7.27. The van der Waals surface area contributed by atoms with Crippen molar-refractivity contribution in [1.29, 1.82) is 0 Å². The predicted molar refractivity (Wildman–Crippen MR) is 51.5 cm³/mol. The van der Waals surface area contributed by atoms with Crippen molar-refractivity contribution in [2.24, 2.45) is 0 Å². The topological polar surface area (TPSA) is 25.8 Å². The largest absolute Gasteiger partial charge is 0.253 e. The second-order valence-corrected chi connectivity index (χ2v) is 3.58. The van der Waals surface area contributed by atoms with Crippen LogP contribution in [0.15, 0.2) is 30.6 Å². The van der Waals surface area contributed by atoms with Crippen LogP contribution in [-0.4, -0.2) is 9.97 Å². The minimum atomic E-state index is 0.798. The van der Waals surface area contributed by atoms with E-state index >= 15 is 0 Å². The molecule has 13 heavy (non-hydrogen) atoms. The van der Waals surface area contributed by atoms with Gasteiger partial charge in [-0.15, -0.1) is 0 Å². The zero-order chi connectivity index (χ0) is 8.67. The number of benzene rings is 1. The summed E-state index contributed by atoms with van der Waals surface area (Å²) in [4.78, 5) is 8.53. The molecule has 0 saturated heterocycles.